The van der Waals surface area contributed by atoms with Crippen molar-refractivity contribution in [2.45, 2.75) is 0 Å². The summed E-state index contributed by atoms with van der Waals surface area (Å²) in [6, 6.07) is 15.0. The Labute approximate surface area is 116 Å². The van der Waals surface area contributed by atoms with Crippen molar-refractivity contribution in [1.29, 1.82) is 5.26 Å². The molecule has 0 saturated heterocycles. The topological polar surface area (TPSA) is 45.9 Å². The second kappa shape index (κ2) is 6.58. The van der Waals surface area contributed by atoms with Gasteiger partial charge < -0.3 is 4.74 Å². The molecule has 2 aromatic rings. The van der Waals surface area contributed by atoms with E-state index in [0.29, 0.717) is 18.1 Å². The van der Waals surface area contributed by atoms with E-state index in [4.69, 9.17) is 21.6 Å². The van der Waals surface area contributed by atoms with Crippen LogP contribution >= 0.6 is 11.6 Å². The van der Waals surface area contributed by atoms with E-state index in [0.717, 1.165) is 5.56 Å². The highest BCUT2D eigenvalue weighted by Gasteiger charge is 2.00. The summed E-state index contributed by atoms with van der Waals surface area (Å²) in [5.74, 6) is 0.349. The van der Waals surface area contributed by atoms with E-state index in [-0.39, 0.29) is 5.15 Å². The SMILES string of the molecule is N#Cc1cc(Cl)nc(OC/C=C/c2ccccc2)c1. The first-order valence-corrected chi connectivity index (χ1v) is 6.08. The van der Waals surface area contributed by atoms with Gasteiger partial charge in [-0.3, -0.25) is 0 Å². The van der Waals surface area contributed by atoms with Gasteiger partial charge in [0.05, 0.1) is 11.6 Å². The second-order valence-electron chi connectivity index (χ2n) is 3.75. The van der Waals surface area contributed by atoms with Crippen molar-refractivity contribution in [3.05, 3.63) is 64.8 Å². The Kier molecular flexibility index (Phi) is 4.54. The molecule has 19 heavy (non-hydrogen) atoms. The van der Waals surface area contributed by atoms with Gasteiger partial charge in [0.15, 0.2) is 0 Å². The van der Waals surface area contributed by atoms with Gasteiger partial charge in [-0.1, -0.05) is 48.0 Å². The minimum Gasteiger partial charge on any atom is -0.473 e. The van der Waals surface area contributed by atoms with E-state index in [1.807, 2.05) is 48.6 Å². The molecule has 0 atom stereocenters. The molecular weight excluding hydrogens is 260 g/mol. The highest BCUT2D eigenvalue weighted by Crippen LogP contribution is 2.15. The Hall–Kier alpha value is -2.31. The number of benzene rings is 1. The molecule has 0 aliphatic carbocycles. The Balaban J connectivity index is 1.95. The van der Waals surface area contributed by atoms with E-state index in [1.165, 1.54) is 6.07 Å². The van der Waals surface area contributed by atoms with Crippen LogP contribution in [0.2, 0.25) is 5.15 Å². The largest absolute Gasteiger partial charge is 0.473 e. The lowest BCUT2D eigenvalue weighted by atomic mass is 10.2. The Morgan fingerprint density at radius 2 is 2.05 bits per heavy atom. The number of nitriles is 1. The average Bonchev–Trinajstić information content (AvgIpc) is 2.44. The van der Waals surface area contributed by atoms with Crippen molar-refractivity contribution in [3.63, 3.8) is 0 Å². The molecule has 0 spiro atoms. The van der Waals surface area contributed by atoms with Gasteiger partial charge in [0.1, 0.15) is 11.8 Å². The molecule has 1 heterocycles. The van der Waals surface area contributed by atoms with E-state index in [1.54, 1.807) is 6.07 Å². The van der Waals surface area contributed by atoms with E-state index in [9.17, 15) is 0 Å². The standard InChI is InChI=1S/C15H11ClN2O/c16-14-9-13(11-17)10-15(18-14)19-8-4-7-12-5-2-1-3-6-12/h1-7,9-10H,8H2/b7-4+. The fourth-order valence-corrected chi connectivity index (χ4v) is 1.69. The third-order valence-electron chi connectivity index (χ3n) is 2.34. The third kappa shape index (κ3) is 4.13. The van der Waals surface area contributed by atoms with Crippen LogP contribution in [-0.2, 0) is 0 Å². The molecule has 1 aromatic carbocycles. The molecule has 0 amide bonds. The number of aromatic nitrogens is 1. The van der Waals surface area contributed by atoms with E-state index in [2.05, 4.69) is 4.98 Å². The highest BCUT2D eigenvalue weighted by atomic mass is 35.5. The molecule has 0 fully saturated rings. The fraction of sp³-hybridized carbons (Fsp3) is 0.0667. The van der Waals surface area contributed by atoms with Crippen LogP contribution in [0.15, 0.2) is 48.5 Å². The van der Waals surface area contributed by atoms with Crippen LogP contribution in [0.25, 0.3) is 6.08 Å². The molecule has 4 heteroatoms. The Morgan fingerprint density at radius 1 is 1.26 bits per heavy atom. The quantitative estimate of drug-likeness (QED) is 0.796. The first-order valence-electron chi connectivity index (χ1n) is 5.70. The predicted molar refractivity (Wildman–Crippen MR) is 74.9 cm³/mol. The van der Waals surface area contributed by atoms with E-state index >= 15 is 0 Å². The number of rotatable bonds is 4. The van der Waals surface area contributed by atoms with Gasteiger partial charge in [-0.05, 0) is 17.7 Å². The number of pyridine rings is 1. The molecule has 0 radical (unpaired) electrons. The summed E-state index contributed by atoms with van der Waals surface area (Å²) < 4.78 is 5.42. The molecule has 0 unspecified atom stereocenters. The number of ether oxygens (including phenoxy) is 1. The van der Waals surface area contributed by atoms with Gasteiger partial charge in [-0.15, -0.1) is 0 Å². The zero-order chi connectivity index (χ0) is 13.5. The van der Waals surface area contributed by atoms with Gasteiger partial charge >= 0.3 is 0 Å². The molecule has 0 saturated carbocycles. The molecular formula is C15H11ClN2O. The van der Waals surface area contributed by atoms with Crippen LogP contribution in [0, 0.1) is 11.3 Å². The molecule has 0 bridgehead atoms. The molecule has 0 aliphatic heterocycles. The van der Waals surface area contributed by atoms with Gasteiger partial charge in [0.2, 0.25) is 5.88 Å². The summed E-state index contributed by atoms with van der Waals surface area (Å²) in [4.78, 5) is 3.98. The van der Waals surface area contributed by atoms with Crippen molar-refractivity contribution >= 4 is 17.7 Å². The molecule has 0 aliphatic rings. The molecule has 1 aromatic heterocycles. The number of hydrogen-bond donors (Lipinski definition) is 0. The minimum atomic E-state index is 0.251. The van der Waals surface area contributed by atoms with Crippen molar-refractivity contribution in [2.24, 2.45) is 0 Å². The van der Waals surface area contributed by atoms with Crippen molar-refractivity contribution in [2.75, 3.05) is 6.61 Å². The summed E-state index contributed by atoms with van der Waals surface area (Å²) >= 11 is 5.78. The predicted octanol–water partition coefficient (Wildman–Crippen LogP) is 3.70. The van der Waals surface area contributed by atoms with Crippen molar-refractivity contribution in [1.82, 2.24) is 4.98 Å². The molecule has 94 valence electrons. The summed E-state index contributed by atoms with van der Waals surface area (Å²) in [7, 11) is 0. The summed E-state index contributed by atoms with van der Waals surface area (Å²) in [5, 5.41) is 9.05. The van der Waals surface area contributed by atoms with Crippen LogP contribution in [0.4, 0.5) is 0 Å². The lowest BCUT2D eigenvalue weighted by molar-refractivity contribution is 0.349. The molecule has 3 nitrogen and oxygen atoms in total. The van der Waals surface area contributed by atoms with Gasteiger partial charge in [-0.2, -0.15) is 5.26 Å². The van der Waals surface area contributed by atoms with Gasteiger partial charge in [0.25, 0.3) is 0 Å². The van der Waals surface area contributed by atoms with E-state index < -0.39 is 0 Å². The molecule has 0 N–H and O–H groups in total. The Morgan fingerprint density at radius 3 is 2.79 bits per heavy atom. The number of nitrogens with zero attached hydrogens (tertiary/aromatic N) is 2. The maximum atomic E-state index is 8.80. The zero-order valence-electron chi connectivity index (χ0n) is 10.1. The van der Waals surface area contributed by atoms with Crippen LogP contribution in [0.3, 0.4) is 0 Å². The lowest BCUT2D eigenvalue weighted by Crippen LogP contribution is -1.96. The summed E-state index contributed by atoms with van der Waals surface area (Å²) in [6.07, 6.45) is 3.83. The smallest absolute Gasteiger partial charge is 0.216 e. The molecule has 2 rings (SSSR count). The summed E-state index contributed by atoms with van der Waals surface area (Å²) in [5.41, 5.74) is 1.53. The zero-order valence-corrected chi connectivity index (χ0v) is 10.8. The van der Waals surface area contributed by atoms with Gasteiger partial charge in [-0.25, -0.2) is 4.98 Å². The van der Waals surface area contributed by atoms with Crippen LogP contribution in [0.5, 0.6) is 5.88 Å². The highest BCUT2D eigenvalue weighted by molar-refractivity contribution is 6.29. The average molecular weight is 271 g/mol. The fourth-order valence-electron chi connectivity index (χ4n) is 1.49. The Bertz CT molecular complexity index is 618. The monoisotopic (exact) mass is 270 g/mol. The first-order chi connectivity index (χ1) is 9.28. The normalized spacial score (nSPS) is 10.3. The lowest BCUT2D eigenvalue weighted by Gasteiger charge is -2.02. The second-order valence-corrected chi connectivity index (χ2v) is 4.14. The maximum absolute atomic E-state index is 8.80. The third-order valence-corrected chi connectivity index (χ3v) is 2.53. The van der Waals surface area contributed by atoms with Gasteiger partial charge in [0, 0.05) is 6.07 Å². The van der Waals surface area contributed by atoms with Crippen LogP contribution in [0.1, 0.15) is 11.1 Å². The maximum Gasteiger partial charge on any atom is 0.216 e. The van der Waals surface area contributed by atoms with Crippen LogP contribution in [-0.4, -0.2) is 11.6 Å². The number of halogens is 1. The van der Waals surface area contributed by atoms with Crippen molar-refractivity contribution < 1.29 is 4.74 Å². The first kappa shape index (κ1) is 13.1. The van der Waals surface area contributed by atoms with Crippen molar-refractivity contribution in [3.8, 4) is 11.9 Å². The number of hydrogen-bond acceptors (Lipinski definition) is 3. The minimum absolute atomic E-state index is 0.251. The summed E-state index contributed by atoms with van der Waals surface area (Å²) in [6.45, 7) is 0.368. The van der Waals surface area contributed by atoms with Crippen LogP contribution < -0.4 is 4.74 Å².